The van der Waals surface area contributed by atoms with Crippen LogP contribution in [0.25, 0.3) is 0 Å². The maximum Gasteiger partial charge on any atom is 0.332 e. The van der Waals surface area contributed by atoms with Gasteiger partial charge in [0.05, 0.1) is 13.2 Å². The first-order chi connectivity index (χ1) is 6.72. The highest BCUT2D eigenvalue weighted by molar-refractivity contribution is 5.72. The van der Waals surface area contributed by atoms with Crippen molar-refractivity contribution in [1.82, 2.24) is 0 Å². The van der Waals surface area contributed by atoms with E-state index in [4.69, 9.17) is 14.9 Å². The van der Waals surface area contributed by atoms with E-state index in [0.29, 0.717) is 6.42 Å². The van der Waals surface area contributed by atoms with Crippen LogP contribution >= 0.6 is 0 Å². The van der Waals surface area contributed by atoms with Crippen LogP contribution in [-0.4, -0.2) is 35.5 Å². The number of carboxylic acid groups (broad SMARTS) is 1. The minimum Gasteiger partial charge on any atom is -0.479 e. The molecule has 84 valence electrons. The number of aliphatic hydroxyl groups is 1. The summed E-state index contributed by atoms with van der Waals surface area (Å²) in [5, 5.41) is 17.2. The Labute approximate surface area is 84.9 Å². The van der Waals surface area contributed by atoms with E-state index in [9.17, 15) is 4.79 Å². The minimum atomic E-state index is -0.935. The highest BCUT2D eigenvalue weighted by atomic mass is 16.5. The minimum absolute atomic E-state index is 0.102. The van der Waals surface area contributed by atoms with Gasteiger partial charge in [0.1, 0.15) is 0 Å². The van der Waals surface area contributed by atoms with Crippen molar-refractivity contribution in [1.29, 1.82) is 0 Å². The highest BCUT2D eigenvalue weighted by Crippen LogP contribution is 2.08. The molecule has 0 aliphatic rings. The number of aliphatic carboxylic acids is 1. The summed E-state index contributed by atoms with van der Waals surface area (Å²) in [5.41, 5.74) is 0. The maximum absolute atomic E-state index is 10.7. The van der Waals surface area contributed by atoms with E-state index in [-0.39, 0.29) is 13.2 Å². The van der Waals surface area contributed by atoms with Crippen molar-refractivity contribution in [2.45, 2.75) is 45.1 Å². The number of ether oxygens (including phenoxy) is 1. The van der Waals surface area contributed by atoms with Crippen molar-refractivity contribution in [2.24, 2.45) is 0 Å². The number of aliphatic hydroxyl groups excluding tert-OH is 1. The van der Waals surface area contributed by atoms with E-state index in [1.54, 1.807) is 0 Å². The number of hydrogen-bond acceptors (Lipinski definition) is 3. The average Bonchev–Trinajstić information content (AvgIpc) is 2.16. The van der Waals surface area contributed by atoms with Crippen LogP contribution in [0.2, 0.25) is 0 Å². The molecule has 0 aliphatic carbocycles. The molecule has 4 heteroatoms. The Balaban J connectivity index is 3.57. The molecular formula is C10H20O4. The lowest BCUT2D eigenvalue weighted by Gasteiger charge is -2.12. The smallest absolute Gasteiger partial charge is 0.332 e. The van der Waals surface area contributed by atoms with Crippen molar-refractivity contribution in [3.8, 4) is 0 Å². The van der Waals surface area contributed by atoms with Gasteiger partial charge in [0.25, 0.3) is 0 Å². The molecule has 0 saturated heterocycles. The van der Waals surface area contributed by atoms with Crippen LogP contribution in [0.5, 0.6) is 0 Å². The van der Waals surface area contributed by atoms with Gasteiger partial charge in [-0.2, -0.15) is 0 Å². The molecule has 0 spiro atoms. The standard InChI is InChI=1S/C10H20O4/c1-2-3-4-5-6-9(10(12)13)14-8-7-11/h9,11H,2-8H2,1H3,(H,12,13). The summed E-state index contributed by atoms with van der Waals surface area (Å²) in [6.07, 6.45) is 3.97. The molecule has 0 amide bonds. The molecule has 0 aliphatic heterocycles. The summed E-state index contributed by atoms with van der Waals surface area (Å²) >= 11 is 0. The summed E-state index contributed by atoms with van der Waals surface area (Å²) in [7, 11) is 0. The largest absolute Gasteiger partial charge is 0.479 e. The van der Waals surface area contributed by atoms with E-state index in [1.807, 2.05) is 0 Å². The summed E-state index contributed by atoms with van der Waals surface area (Å²) in [5.74, 6) is -0.935. The topological polar surface area (TPSA) is 66.8 Å². The second-order valence-electron chi connectivity index (χ2n) is 3.27. The van der Waals surface area contributed by atoms with Gasteiger partial charge < -0.3 is 14.9 Å². The molecule has 0 bridgehead atoms. The zero-order valence-corrected chi connectivity index (χ0v) is 8.74. The van der Waals surface area contributed by atoms with Crippen molar-refractivity contribution < 1.29 is 19.7 Å². The maximum atomic E-state index is 10.7. The Morgan fingerprint density at radius 3 is 2.57 bits per heavy atom. The van der Waals surface area contributed by atoms with E-state index >= 15 is 0 Å². The molecule has 0 radical (unpaired) electrons. The lowest BCUT2D eigenvalue weighted by Crippen LogP contribution is -2.25. The summed E-state index contributed by atoms with van der Waals surface area (Å²) in [6.45, 7) is 2.08. The lowest BCUT2D eigenvalue weighted by molar-refractivity contribution is -0.151. The molecular weight excluding hydrogens is 184 g/mol. The van der Waals surface area contributed by atoms with Crippen molar-refractivity contribution in [2.75, 3.05) is 13.2 Å². The molecule has 1 atom stereocenters. The van der Waals surface area contributed by atoms with Crippen LogP contribution in [0.3, 0.4) is 0 Å². The average molecular weight is 204 g/mol. The van der Waals surface area contributed by atoms with Crippen LogP contribution < -0.4 is 0 Å². The van der Waals surface area contributed by atoms with Crippen LogP contribution in [0.1, 0.15) is 39.0 Å². The first-order valence-corrected chi connectivity index (χ1v) is 5.17. The van der Waals surface area contributed by atoms with Gasteiger partial charge in [-0.1, -0.05) is 32.6 Å². The zero-order valence-electron chi connectivity index (χ0n) is 8.74. The number of rotatable bonds is 9. The summed E-state index contributed by atoms with van der Waals surface area (Å²) < 4.78 is 4.98. The van der Waals surface area contributed by atoms with Gasteiger partial charge in [-0.05, 0) is 6.42 Å². The normalized spacial score (nSPS) is 12.7. The molecule has 2 N–H and O–H groups in total. The van der Waals surface area contributed by atoms with Gasteiger partial charge in [0.2, 0.25) is 0 Å². The Hall–Kier alpha value is -0.610. The predicted molar refractivity (Wildman–Crippen MR) is 53.2 cm³/mol. The van der Waals surface area contributed by atoms with Gasteiger partial charge in [-0.3, -0.25) is 0 Å². The second-order valence-corrected chi connectivity index (χ2v) is 3.27. The third-order valence-electron chi connectivity index (χ3n) is 2.01. The zero-order chi connectivity index (χ0) is 10.8. The molecule has 0 heterocycles. The van der Waals surface area contributed by atoms with Gasteiger partial charge in [0.15, 0.2) is 6.10 Å². The van der Waals surface area contributed by atoms with Crippen molar-refractivity contribution >= 4 is 5.97 Å². The molecule has 0 aromatic heterocycles. The lowest BCUT2D eigenvalue weighted by atomic mass is 10.1. The predicted octanol–water partition coefficient (Wildman–Crippen LogP) is 1.42. The Morgan fingerprint density at radius 1 is 1.36 bits per heavy atom. The Kier molecular flexibility index (Phi) is 8.57. The summed E-state index contributed by atoms with van der Waals surface area (Å²) in [4.78, 5) is 10.7. The van der Waals surface area contributed by atoms with Crippen LogP contribution in [-0.2, 0) is 9.53 Å². The van der Waals surface area contributed by atoms with E-state index < -0.39 is 12.1 Å². The quantitative estimate of drug-likeness (QED) is 0.557. The fourth-order valence-corrected chi connectivity index (χ4v) is 1.23. The Bertz CT molecular complexity index is 147. The third kappa shape index (κ3) is 6.86. The van der Waals surface area contributed by atoms with Gasteiger partial charge in [0, 0.05) is 0 Å². The highest BCUT2D eigenvalue weighted by Gasteiger charge is 2.16. The fraction of sp³-hybridized carbons (Fsp3) is 0.900. The Morgan fingerprint density at radius 2 is 2.07 bits per heavy atom. The SMILES string of the molecule is CCCCCCC(OCCO)C(=O)O. The summed E-state index contributed by atoms with van der Waals surface area (Å²) in [6, 6.07) is 0. The molecule has 14 heavy (non-hydrogen) atoms. The van der Waals surface area contributed by atoms with Crippen LogP contribution in [0, 0.1) is 0 Å². The van der Waals surface area contributed by atoms with Gasteiger partial charge in [-0.25, -0.2) is 4.79 Å². The molecule has 0 saturated carbocycles. The molecule has 0 fully saturated rings. The van der Waals surface area contributed by atoms with Gasteiger partial charge in [-0.15, -0.1) is 0 Å². The van der Waals surface area contributed by atoms with Gasteiger partial charge >= 0.3 is 5.97 Å². The van der Waals surface area contributed by atoms with Crippen LogP contribution in [0.4, 0.5) is 0 Å². The third-order valence-corrected chi connectivity index (χ3v) is 2.01. The number of hydrogen-bond donors (Lipinski definition) is 2. The van der Waals surface area contributed by atoms with Crippen molar-refractivity contribution in [3.05, 3.63) is 0 Å². The molecule has 4 nitrogen and oxygen atoms in total. The van der Waals surface area contributed by atoms with E-state index in [1.165, 1.54) is 0 Å². The van der Waals surface area contributed by atoms with Crippen molar-refractivity contribution in [3.63, 3.8) is 0 Å². The molecule has 0 aromatic rings. The monoisotopic (exact) mass is 204 g/mol. The number of carboxylic acids is 1. The molecule has 1 unspecified atom stereocenters. The fourth-order valence-electron chi connectivity index (χ4n) is 1.23. The first-order valence-electron chi connectivity index (χ1n) is 5.17. The number of carbonyl (C=O) groups is 1. The first kappa shape index (κ1) is 13.4. The molecule has 0 rings (SSSR count). The van der Waals surface area contributed by atoms with Crippen LogP contribution in [0.15, 0.2) is 0 Å². The second kappa shape index (κ2) is 8.97. The molecule has 0 aromatic carbocycles. The van der Waals surface area contributed by atoms with E-state index in [0.717, 1.165) is 25.7 Å². The van der Waals surface area contributed by atoms with E-state index in [2.05, 4.69) is 6.92 Å². The number of unbranched alkanes of at least 4 members (excludes halogenated alkanes) is 3.